The summed E-state index contributed by atoms with van der Waals surface area (Å²) in [6.45, 7) is 10.3. The van der Waals surface area contributed by atoms with E-state index < -0.39 is 17.6 Å². The lowest BCUT2D eigenvalue weighted by Gasteiger charge is -2.23. The molecule has 1 aliphatic heterocycles. The fourth-order valence-electron chi connectivity index (χ4n) is 4.79. The number of ether oxygens (including phenoxy) is 3. The first-order valence-electron chi connectivity index (χ1n) is 14.3. The zero-order chi connectivity index (χ0) is 30.1. The molecule has 4 rings (SSSR count). The van der Waals surface area contributed by atoms with Gasteiger partial charge in [-0.15, -0.1) is 0 Å². The van der Waals surface area contributed by atoms with Crippen LogP contribution in [0.4, 0.5) is 10.1 Å². The Balaban J connectivity index is 1.45. The standard InChI is InChI=1S/C32H39FN4O5/c1-5-6-7-25(20(2)3)37-32(39)31(38)36-22-8-9-28(24(33)16-22)42-27-12-15-35-26-18-30(29(40-4)17-23(26)27)41-19-21-10-13-34-14-11-21/h8-9,12,15-18,21,25,34H,2,5-7,10-11,13-14,19H2,1,3-4H3,(H,36,38)(H,37,39). The Morgan fingerprint density at radius 3 is 2.57 bits per heavy atom. The van der Waals surface area contributed by atoms with E-state index in [-0.39, 0.29) is 17.5 Å². The van der Waals surface area contributed by atoms with Crippen molar-refractivity contribution < 1.29 is 28.2 Å². The number of methoxy groups -OCH3 is 1. The molecule has 224 valence electrons. The molecule has 1 aromatic heterocycles. The molecule has 0 bridgehead atoms. The van der Waals surface area contributed by atoms with E-state index in [4.69, 9.17) is 14.2 Å². The monoisotopic (exact) mass is 578 g/mol. The number of unbranched alkanes of at least 4 members (excludes halogenated alkanes) is 1. The first-order chi connectivity index (χ1) is 20.3. The average Bonchev–Trinajstić information content (AvgIpc) is 2.99. The van der Waals surface area contributed by atoms with Crippen molar-refractivity contribution in [2.45, 2.75) is 52.0 Å². The number of fused-ring (bicyclic) bond motifs is 1. The van der Waals surface area contributed by atoms with Gasteiger partial charge in [0.2, 0.25) is 0 Å². The van der Waals surface area contributed by atoms with Gasteiger partial charge >= 0.3 is 11.8 Å². The first-order valence-corrected chi connectivity index (χ1v) is 14.3. The number of carbonyl (C=O) groups excluding carboxylic acids is 2. The summed E-state index contributed by atoms with van der Waals surface area (Å²) >= 11 is 0. The van der Waals surface area contributed by atoms with Crippen LogP contribution in [0.15, 0.2) is 54.7 Å². The highest BCUT2D eigenvalue weighted by Gasteiger charge is 2.20. The molecule has 10 heteroatoms. The molecule has 0 spiro atoms. The third-order valence-corrected chi connectivity index (χ3v) is 7.28. The van der Waals surface area contributed by atoms with Crippen molar-refractivity contribution in [2.24, 2.45) is 5.92 Å². The van der Waals surface area contributed by atoms with Crippen LogP contribution in [-0.4, -0.2) is 49.6 Å². The highest BCUT2D eigenvalue weighted by Crippen LogP contribution is 2.38. The third-order valence-electron chi connectivity index (χ3n) is 7.28. The van der Waals surface area contributed by atoms with Crippen LogP contribution in [0.1, 0.15) is 46.0 Å². The van der Waals surface area contributed by atoms with Crippen molar-refractivity contribution in [3.05, 3.63) is 60.6 Å². The number of amides is 2. The quantitative estimate of drug-likeness (QED) is 0.186. The van der Waals surface area contributed by atoms with Crippen molar-refractivity contribution in [2.75, 3.05) is 32.1 Å². The van der Waals surface area contributed by atoms with E-state index in [9.17, 15) is 9.59 Å². The predicted octanol–water partition coefficient (Wildman–Crippen LogP) is 5.74. The summed E-state index contributed by atoms with van der Waals surface area (Å²) in [5.74, 6) is -0.521. The second-order valence-electron chi connectivity index (χ2n) is 10.5. The largest absolute Gasteiger partial charge is 0.493 e. The summed E-state index contributed by atoms with van der Waals surface area (Å²) in [7, 11) is 1.56. The molecule has 42 heavy (non-hydrogen) atoms. The molecule has 1 atom stereocenters. The summed E-state index contributed by atoms with van der Waals surface area (Å²) < 4.78 is 32.7. The van der Waals surface area contributed by atoms with Crippen molar-refractivity contribution in [3.63, 3.8) is 0 Å². The van der Waals surface area contributed by atoms with Gasteiger partial charge in [0.1, 0.15) is 5.75 Å². The number of nitrogens with zero attached hydrogens (tertiary/aromatic N) is 1. The van der Waals surface area contributed by atoms with Gasteiger partial charge in [0.25, 0.3) is 0 Å². The zero-order valence-corrected chi connectivity index (χ0v) is 24.4. The van der Waals surface area contributed by atoms with E-state index >= 15 is 4.39 Å². The SMILES string of the molecule is C=C(C)C(CCCC)NC(=O)C(=O)Nc1ccc(Oc2ccnc3cc(OCC4CCNCC4)c(OC)cc23)c(F)c1. The summed E-state index contributed by atoms with van der Waals surface area (Å²) in [6.07, 6.45) is 6.22. The van der Waals surface area contributed by atoms with Crippen molar-refractivity contribution in [1.29, 1.82) is 0 Å². The minimum Gasteiger partial charge on any atom is -0.493 e. The molecule has 1 aliphatic rings. The molecule has 2 aromatic carbocycles. The number of halogens is 1. The van der Waals surface area contributed by atoms with Crippen molar-refractivity contribution in [3.8, 4) is 23.0 Å². The van der Waals surface area contributed by atoms with Crippen molar-refractivity contribution in [1.82, 2.24) is 15.6 Å². The van der Waals surface area contributed by atoms with Gasteiger partial charge in [0.05, 0.1) is 19.2 Å². The maximum Gasteiger partial charge on any atom is 0.313 e. The Kier molecular flexibility index (Phi) is 10.7. The maximum atomic E-state index is 15.1. The molecule has 0 aliphatic carbocycles. The Bertz CT molecular complexity index is 1420. The smallest absolute Gasteiger partial charge is 0.313 e. The molecule has 3 N–H and O–H groups in total. The van der Waals surface area contributed by atoms with E-state index in [0.717, 1.165) is 50.4 Å². The van der Waals surface area contributed by atoms with E-state index in [1.165, 1.54) is 12.1 Å². The van der Waals surface area contributed by atoms with Crippen LogP contribution in [0.25, 0.3) is 10.9 Å². The lowest BCUT2D eigenvalue weighted by Crippen LogP contribution is -2.42. The van der Waals surface area contributed by atoms with Gasteiger partial charge in [0.15, 0.2) is 23.1 Å². The number of hydrogen-bond donors (Lipinski definition) is 3. The van der Waals surface area contributed by atoms with Crippen LogP contribution < -0.4 is 30.2 Å². The summed E-state index contributed by atoms with van der Waals surface area (Å²) in [4.78, 5) is 29.3. The predicted molar refractivity (Wildman–Crippen MR) is 161 cm³/mol. The Morgan fingerprint density at radius 2 is 1.88 bits per heavy atom. The first kappa shape index (κ1) is 30.8. The van der Waals surface area contributed by atoms with Gasteiger partial charge in [-0.3, -0.25) is 14.6 Å². The van der Waals surface area contributed by atoms with Gasteiger partial charge in [0, 0.05) is 35.4 Å². The van der Waals surface area contributed by atoms with E-state index in [1.54, 1.807) is 38.4 Å². The lowest BCUT2D eigenvalue weighted by atomic mass is 9.99. The number of aromatic nitrogens is 1. The number of pyridine rings is 1. The summed E-state index contributed by atoms with van der Waals surface area (Å²) in [6, 6.07) is 8.84. The molecule has 9 nitrogen and oxygen atoms in total. The second kappa shape index (κ2) is 14.6. The highest BCUT2D eigenvalue weighted by atomic mass is 19.1. The lowest BCUT2D eigenvalue weighted by molar-refractivity contribution is -0.136. The molecule has 2 amide bonds. The summed E-state index contributed by atoms with van der Waals surface area (Å²) in [5.41, 5.74) is 1.49. The van der Waals surface area contributed by atoms with Crippen LogP contribution in [0.3, 0.4) is 0 Å². The third kappa shape index (κ3) is 7.97. The zero-order valence-electron chi connectivity index (χ0n) is 24.4. The highest BCUT2D eigenvalue weighted by molar-refractivity contribution is 6.39. The fraction of sp³-hybridized carbons (Fsp3) is 0.406. The minimum atomic E-state index is -0.892. The van der Waals surface area contributed by atoms with Gasteiger partial charge in [-0.25, -0.2) is 4.39 Å². The van der Waals surface area contributed by atoms with Crippen LogP contribution >= 0.6 is 0 Å². The molecule has 1 unspecified atom stereocenters. The van der Waals surface area contributed by atoms with E-state index in [0.29, 0.717) is 47.1 Å². The normalized spacial score (nSPS) is 14.2. The molecule has 0 saturated carbocycles. The van der Waals surface area contributed by atoms with Crippen LogP contribution in [0.2, 0.25) is 0 Å². The molecule has 0 radical (unpaired) electrons. The maximum absolute atomic E-state index is 15.1. The molecular weight excluding hydrogens is 539 g/mol. The Labute approximate surface area is 245 Å². The molecule has 2 heterocycles. The topological polar surface area (TPSA) is 111 Å². The number of rotatable bonds is 12. The minimum absolute atomic E-state index is 0.0583. The van der Waals surface area contributed by atoms with Gasteiger partial charge in [-0.05, 0) is 69.5 Å². The molecule has 1 fully saturated rings. The Morgan fingerprint density at radius 1 is 1.10 bits per heavy atom. The Hall–Kier alpha value is -4.18. The number of piperidine rings is 1. The number of hydrogen-bond acceptors (Lipinski definition) is 7. The average molecular weight is 579 g/mol. The number of nitrogens with one attached hydrogen (secondary N) is 3. The molecule has 1 saturated heterocycles. The number of anilines is 1. The summed E-state index contributed by atoms with van der Waals surface area (Å²) in [5, 5.41) is 9.10. The van der Waals surface area contributed by atoms with Gasteiger partial charge < -0.3 is 30.2 Å². The number of carbonyl (C=O) groups is 2. The van der Waals surface area contributed by atoms with Crippen molar-refractivity contribution >= 4 is 28.4 Å². The molecular formula is C32H39FN4O5. The van der Waals surface area contributed by atoms with E-state index in [1.807, 2.05) is 6.92 Å². The molecule has 3 aromatic rings. The second-order valence-corrected chi connectivity index (χ2v) is 10.5. The van der Waals surface area contributed by atoms with Crippen LogP contribution in [0.5, 0.6) is 23.0 Å². The van der Waals surface area contributed by atoms with Gasteiger partial charge in [-0.1, -0.05) is 31.9 Å². The van der Waals surface area contributed by atoms with Crippen LogP contribution in [0, 0.1) is 11.7 Å². The van der Waals surface area contributed by atoms with Crippen LogP contribution in [-0.2, 0) is 9.59 Å². The van der Waals surface area contributed by atoms with E-state index in [2.05, 4.69) is 27.5 Å². The number of benzene rings is 2. The fourth-order valence-corrected chi connectivity index (χ4v) is 4.79. The van der Waals surface area contributed by atoms with Gasteiger partial charge in [-0.2, -0.15) is 0 Å².